The number of rotatable bonds is 5. The third-order valence-electron chi connectivity index (χ3n) is 3.41. The van der Waals surface area contributed by atoms with E-state index < -0.39 is 0 Å². The molecule has 2 atom stereocenters. The molecule has 0 aliphatic carbocycles. The lowest BCUT2D eigenvalue weighted by Gasteiger charge is -2.21. The number of aryl methyl sites for hydroxylation is 1. The van der Waals surface area contributed by atoms with Gasteiger partial charge in [-0.3, -0.25) is 14.5 Å². The number of amides is 2. The predicted octanol–water partition coefficient (Wildman–Crippen LogP) is 1.47. The van der Waals surface area contributed by atoms with Crippen molar-refractivity contribution in [1.29, 1.82) is 0 Å². The maximum absolute atomic E-state index is 12.2. The van der Waals surface area contributed by atoms with Gasteiger partial charge >= 0.3 is 0 Å². The Morgan fingerprint density at radius 3 is 2.89 bits per heavy atom. The second-order valence-electron chi connectivity index (χ2n) is 4.84. The minimum absolute atomic E-state index is 0.0163. The fourth-order valence-corrected chi connectivity index (χ4v) is 2.91. The molecule has 1 aliphatic heterocycles. The van der Waals surface area contributed by atoms with Crippen LogP contribution in [0.4, 0.5) is 0 Å². The van der Waals surface area contributed by atoms with Gasteiger partial charge in [0.15, 0.2) is 0 Å². The number of nitrogens with zero attached hydrogens (tertiary/aromatic N) is 2. The summed E-state index contributed by atoms with van der Waals surface area (Å²) in [4.78, 5) is 30.7. The lowest BCUT2D eigenvalue weighted by atomic mass is 10.2. The van der Waals surface area contributed by atoms with Crippen LogP contribution >= 0.6 is 11.3 Å². The minimum Gasteiger partial charge on any atom is -0.300 e. The van der Waals surface area contributed by atoms with Crippen LogP contribution in [0, 0.1) is 6.92 Å². The van der Waals surface area contributed by atoms with Gasteiger partial charge in [0.1, 0.15) is 0 Å². The van der Waals surface area contributed by atoms with Crippen molar-refractivity contribution in [2.45, 2.75) is 52.2 Å². The molecule has 1 aliphatic rings. The Morgan fingerprint density at radius 2 is 2.32 bits per heavy atom. The highest BCUT2D eigenvalue weighted by Crippen LogP contribution is 2.19. The molecule has 5 nitrogen and oxygen atoms in total. The Hall–Kier alpha value is -1.27. The van der Waals surface area contributed by atoms with Crippen LogP contribution in [0.5, 0.6) is 0 Å². The zero-order valence-electron chi connectivity index (χ0n) is 11.5. The topological polar surface area (TPSA) is 62.3 Å². The van der Waals surface area contributed by atoms with Crippen molar-refractivity contribution in [1.82, 2.24) is 15.2 Å². The van der Waals surface area contributed by atoms with Crippen molar-refractivity contribution >= 4 is 23.2 Å². The van der Waals surface area contributed by atoms with Crippen LogP contribution in [0.1, 0.15) is 36.6 Å². The molecule has 1 saturated heterocycles. The summed E-state index contributed by atoms with van der Waals surface area (Å²) in [6, 6.07) is -0.402. The fraction of sp³-hybridized carbons (Fsp3) is 0.615. The Kier molecular flexibility index (Phi) is 4.31. The molecule has 2 amide bonds. The van der Waals surface area contributed by atoms with Gasteiger partial charge in [-0.25, -0.2) is 4.98 Å². The van der Waals surface area contributed by atoms with Gasteiger partial charge in [-0.2, -0.15) is 0 Å². The number of nitrogens with one attached hydrogen (secondary N) is 1. The average Bonchev–Trinajstić information content (AvgIpc) is 2.90. The Labute approximate surface area is 117 Å². The zero-order valence-corrected chi connectivity index (χ0v) is 12.3. The molecule has 2 rings (SSSR count). The van der Waals surface area contributed by atoms with Gasteiger partial charge in [-0.05, 0) is 20.3 Å². The highest BCUT2D eigenvalue weighted by atomic mass is 32.1. The first-order chi connectivity index (χ1) is 9.02. The monoisotopic (exact) mass is 281 g/mol. The molecule has 0 spiro atoms. The quantitative estimate of drug-likeness (QED) is 0.830. The molecular weight excluding hydrogens is 262 g/mol. The molecule has 1 aromatic heterocycles. The minimum atomic E-state index is -0.385. The number of likely N-dealkylation sites (tertiary alicyclic amines) is 1. The largest absolute Gasteiger partial charge is 0.300 e. The molecule has 0 aromatic carbocycles. The normalized spacial score (nSPS) is 21.2. The number of thiazole rings is 1. The van der Waals surface area contributed by atoms with E-state index in [9.17, 15) is 9.59 Å². The first-order valence-electron chi connectivity index (χ1n) is 6.53. The van der Waals surface area contributed by atoms with Crippen LogP contribution in [-0.4, -0.2) is 33.8 Å². The van der Waals surface area contributed by atoms with Gasteiger partial charge in [-0.1, -0.05) is 6.92 Å². The van der Waals surface area contributed by atoms with Crippen molar-refractivity contribution in [3.8, 4) is 0 Å². The molecule has 1 fully saturated rings. The van der Waals surface area contributed by atoms with Crippen LogP contribution in [0.15, 0.2) is 6.20 Å². The number of carbonyl (C=O) groups excluding carboxylic acids is 2. The molecule has 2 unspecified atom stereocenters. The lowest BCUT2D eigenvalue weighted by molar-refractivity contribution is -0.141. The number of hydrogen-bond acceptors (Lipinski definition) is 5. The Balaban J connectivity index is 1.95. The van der Waals surface area contributed by atoms with E-state index in [4.69, 9.17) is 0 Å². The standard InChI is InChI=1S/C13H19N3O2S/c1-4-8(2)16-12(17)5-11(13(16)18)15-7-10-6-14-9(3)19-10/h6,8,11,15H,4-5,7H2,1-3H3. The average molecular weight is 281 g/mol. The van der Waals surface area contributed by atoms with Gasteiger partial charge in [0.05, 0.1) is 17.5 Å². The summed E-state index contributed by atoms with van der Waals surface area (Å²) < 4.78 is 0. The maximum atomic E-state index is 12.2. The van der Waals surface area contributed by atoms with E-state index in [1.54, 1.807) is 17.5 Å². The Bertz CT molecular complexity index is 486. The van der Waals surface area contributed by atoms with Crippen molar-refractivity contribution in [2.75, 3.05) is 0 Å². The van der Waals surface area contributed by atoms with Crippen molar-refractivity contribution in [3.05, 3.63) is 16.1 Å². The Morgan fingerprint density at radius 1 is 1.58 bits per heavy atom. The third-order valence-corrected chi connectivity index (χ3v) is 4.32. The van der Waals surface area contributed by atoms with Crippen molar-refractivity contribution in [2.24, 2.45) is 0 Å². The summed E-state index contributed by atoms with van der Waals surface area (Å²) in [6.45, 7) is 6.42. The molecule has 104 valence electrons. The van der Waals surface area contributed by atoms with E-state index >= 15 is 0 Å². The van der Waals surface area contributed by atoms with Gasteiger partial charge in [0.25, 0.3) is 0 Å². The molecule has 1 N–H and O–H groups in total. The molecule has 2 heterocycles. The number of aromatic nitrogens is 1. The second kappa shape index (κ2) is 5.79. The maximum Gasteiger partial charge on any atom is 0.247 e. The van der Waals surface area contributed by atoms with E-state index in [2.05, 4.69) is 10.3 Å². The van der Waals surface area contributed by atoms with Crippen LogP contribution in [0.3, 0.4) is 0 Å². The highest BCUT2D eigenvalue weighted by molar-refractivity contribution is 7.11. The summed E-state index contributed by atoms with van der Waals surface area (Å²) in [5.41, 5.74) is 0. The van der Waals surface area contributed by atoms with E-state index in [0.29, 0.717) is 6.54 Å². The van der Waals surface area contributed by atoms with Crippen LogP contribution in [-0.2, 0) is 16.1 Å². The molecular formula is C13H19N3O2S. The molecule has 1 aromatic rings. The van der Waals surface area contributed by atoms with Gasteiger partial charge in [0.2, 0.25) is 11.8 Å². The van der Waals surface area contributed by atoms with Crippen LogP contribution in [0.2, 0.25) is 0 Å². The van der Waals surface area contributed by atoms with Crippen LogP contribution in [0.25, 0.3) is 0 Å². The summed E-state index contributed by atoms with van der Waals surface area (Å²) >= 11 is 1.60. The zero-order chi connectivity index (χ0) is 14.0. The number of imide groups is 1. The van der Waals surface area contributed by atoms with Crippen molar-refractivity contribution in [3.63, 3.8) is 0 Å². The first-order valence-corrected chi connectivity index (χ1v) is 7.35. The molecule has 6 heteroatoms. The number of hydrogen-bond donors (Lipinski definition) is 1. The summed E-state index contributed by atoms with van der Waals surface area (Å²) in [5.74, 6) is -0.169. The van der Waals surface area contributed by atoms with E-state index in [0.717, 1.165) is 16.3 Å². The van der Waals surface area contributed by atoms with E-state index in [1.165, 1.54) is 4.90 Å². The van der Waals surface area contributed by atoms with Gasteiger partial charge < -0.3 is 5.32 Å². The highest BCUT2D eigenvalue weighted by Gasteiger charge is 2.40. The predicted molar refractivity (Wildman–Crippen MR) is 73.7 cm³/mol. The molecule has 0 radical (unpaired) electrons. The molecule has 0 bridgehead atoms. The first kappa shape index (κ1) is 14.1. The molecule has 0 saturated carbocycles. The smallest absolute Gasteiger partial charge is 0.247 e. The van der Waals surface area contributed by atoms with Gasteiger partial charge in [-0.15, -0.1) is 11.3 Å². The summed E-state index contributed by atoms with van der Waals surface area (Å²) in [6.07, 6.45) is 2.86. The summed E-state index contributed by atoms with van der Waals surface area (Å²) in [5, 5.41) is 4.17. The molecule has 19 heavy (non-hydrogen) atoms. The SMILES string of the molecule is CCC(C)N1C(=O)CC(NCc2cnc(C)s2)C1=O. The lowest BCUT2D eigenvalue weighted by Crippen LogP contribution is -2.42. The van der Waals surface area contributed by atoms with E-state index in [1.807, 2.05) is 20.8 Å². The number of carbonyl (C=O) groups is 2. The van der Waals surface area contributed by atoms with E-state index in [-0.39, 0.29) is 30.3 Å². The second-order valence-corrected chi connectivity index (χ2v) is 6.16. The van der Waals surface area contributed by atoms with Crippen molar-refractivity contribution < 1.29 is 9.59 Å². The summed E-state index contributed by atoms with van der Waals surface area (Å²) in [7, 11) is 0. The fourth-order valence-electron chi connectivity index (χ4n) is 2.17. The van der Waals surface area contributed by atoms with Crippen LogP contribution < -0.4 is 5.32 Å². The van der Waals surface area contributed by atoms with Gasteiger partial charge in [0, 0.05) is 23.7 Å². The third kappa shape index (κ3) is 3.01.